The van der Waals surface area contributed by atoms with Gasteiger partial charge in [-0.1, -0.05) is 30.3 Å². The molecule has 3 aromatic rings. The number of aromatic nitrogens is 1. The van der Waals surface area contributed by atoms with Gasteiger partial charge in [-0.3, -0.25) is 4.79 Å². The van der Waals surface area contributed by atoms with Gasteiger partial charge in [0.2, 0.25) is 0 Å². The maximum absolute atomic E-state index is 12.0. The molecule has 0 spiro atoms. The molecular weight excluding hydrogens is 314 g/mol. The van der Waals surface area contributed by atoms with Gasteiger partial charge >= 0.3 is 0 Å². The highest BCUT2D eigenvalue weighted by atomic mass is 16.5. The van der Waals surface area contributed by atoms with Crippen molar-refractivity contribution in [1.29, 1.82) is 0 Å². The Morgan fingerprint density at radius 1 is 1.08 bits per heavy atom. The van der Waals surface area contributed by atoms with Gasteiger partial charge in [0.25, 0.3) is 0 Å². The summed E-state index contributed by atoms with van der Waals surface area (Å²) in [7, 11) is 0. The third kappa shape index (κ3) is 4.15. The summed E-state index contributed by atoms with van der Waals surface area (Å²) in [5.74, 6) is 1.15. The summed E-state index contributed by atoms with van der Waals surface area (Å²) in [6.07, 6.45) is 0.0932. The fraction of sp³-hybridized carbons (Fsp3) is 0.238. The van der Waals surface area contributed by atoms with E-state index in [-0.39, 0.29) is 11.9 Å². The number of Topliss-reactive ketones (excluding diaryl/α,β-unsaturated/α-hetero) is 1. The molecule has 1 aromatic heterocycles. The molecule has 0 N–H and O–H groups in total. The Hall–Kier alpha value is -2.88. The van der Waals surface area contributed by atoms with Gasteiger partial charge in [0, 0.05) is 12.3 Å². The van der Waals surface area contributed by atoms with Crippen LogP contribution in [0.15, 0.2) is 54.6 Å². The molecule has 0 fully saturated rings. The summed E-state index contributed by atoms with van der Waals surface area (Å²) >= 11 is 0. The summed E-state index contributed by atoms with van der Waals surface area (Å²) in [4.78, 5) is 16.4. The number of pyridine rings is 1. The van der Waals surface area contributed by atoms with Gasteiger partial charge < -0.3 is 9.47 Å². The van der Waals surface area contributed by atoms with E-state index in [9.17, 15) is 4.79 Å². The number of carbonyl (C=O) groups is 1. The first-order valence-corrected chi connectivity index (χ1v) is 8.32. The predicted octanol–water partition coefficient (Wildman–Crippen LogP) is 4.80. The van der Waals surface area contributed by atoms with Crippen molar-refractivity contribution < 1.29 is 14.3 Å². The van der Waals surface area contributed by atoms with E-state index in [0.29, 0.717) is 18.1 Å². The van der Waals surface area contributed by atoms with E-state index >= 15 is 0 Å². The fourth-order valence-corrected chi connectivity index (χ4v) is 2.58. The lowest BCUT2D eigenvalue weighted by molar-refractivity contribution is 0.100. The number of hydrogen-bond acceptors (Lipinski definition) is 4. The van der Waals surface area contributed by atoms with Crippen LogP contribution >= 0.6 is 0 Å². The van der Waals surface area contributed by atoms with Crippen molar-refractivity contribution in [2.45, 2.75) is 33.5 Å². The number of ketones is 1. The fourth-order valence-electron chi connectivity index (χ4n) is 2.58. The molecule has 4 nitrogen and oxygen atoms in total. The van der Waals surface area contributed by atoms with Gasteiger partial charge in [-0.25, -0.2) is 4.98 Å². The number of hydrogen-bond donors (Lipinski definition) is 0. The van der Waals surface area contributed by atoms with Crippen molar-refractivity contribution in [3.05, 3.63) is 65.9 Å². The van der Waals surface area contributed by atoms with E-state index in [1.807, 2.05) is 68.4 Å². The number of ether oxygens (including phenoxy) is 2. The summed E-state index contributed by atoms with van der Waals surface area (Å²) in [5.41, 5.74) is 2.13. The molecule has 2 aromatic carbocycles. The number of rotatable bonds is 6. The first-order valence-electron chi connectivity index (χ1n) is 8.32. The SMILES string of the molecule is CC(=O)c1nc2ccc(OC(C)C)cc2cc1OCc1ccccc1. The highest BCUT2D eigenvalue weighted by Gasteiger charge is 2.13. The Balaban J connectivity index is 1.95. The molecule has 25 heavy (non-hydrogen) atoms. The molecule has 1 heterocycles. The maximum Gasteiger partial charge on any atom is 0.181 e. The van der Waals surface area contributed by atoms with Crippen LogP contribution in [0, 0.1) is 0 Å². The summed E-state index contributed by atoms with van der Waals surface area (Å²) in [6.45, 7) is 5.85. The van der Waals surface area contributed by atoms with Crippen molar-refractivity contribution in [2.24, 2.45) is 0 Å². The maximum atomic E-state index is 12.0. The number of nitrogens with zero attached hydrogens (tertiary/aromatic N) is 1. The molecule has 0 saturated carbocycles. The van der Waals surface area contributed by atoms with Crippen LogP contribution in [0.1, 0.15) is 36.8 Å². The van der Waals surface area contributed by atoms with Crippen LogP contribution in [0.5, 0.6) is 11.5 Å². The molecule has 0 aliphatic carbocycles. The van der Waals surface area contributed by atoms with E-state index in [2.05, 4.69) is 4.98 Å². The Morgan fingerprint density at radius 2 is 1.84 bits per heavy atom. The quantitative estimate of drug-likeness (QED) is 0.607. The zero-order valence-electron chi connectivity index (χ0n) is 14.7. The van der Waals surface area contributed by atoms with E-state index in [4.69, 9.17) is 9.47 Å². The molecule has 128 valence electrons. The zero-order chi connectivity index (χ0) is 17.8. The van der Waals surface area contributed by atoms with Gasteiger partial charge in [-0.05, 0) is 43.7 Å². The van der Waals surface area contributed by atoms with Gasteiger partial charge in [-0.2, -0.15) is 0 Å². The molecule has 0 saturated heterocycles. The normalized spacial score (nSPS) is 10.9. The van der Waals surface area contributed by atoms with Gasteiger partial charge in [0.05, 0.1) is 11.6 Å². The number of fused-ring (bicyclic) bond motifs is 1. The molecular formula is C21H21NO3. The van der Waals surface area contributed by atoms with E-state index in [1.54, 1.807) is 0 Å². The topological polar surface area (TPSA) is 48.4 Å². The molecule has 4 heteroatoms. The van der Waals surface area contributed by atoms with Crippen LogP contribution in [0.3, 0.4) is 0 Å². The second-order valence-electron chi connectivity index (χ2n) is 6.19. The van der Waals surface area contributed by atoms with Crippen LogP contribution < -0.4 is 9.47 Å². The Morgan fingerprint density at radius 3 is 2.52 bits per heavy atom. The third-order valence-electron chi connectivity index (χ3n) is 3.69. The van der Waals surface area contributed by atoms with Crippen LogP contribution in [-0.4, -0.2) is 16.9 Å². The third-order valence-corrected chi connectivity index (χ3v) is 3.69. The lowest BCUT2D eigenvalue weighted by Crippen LogP contribution is -2.06. The Bertz CT molecular complexity index is 888. The first-order chi connectivity index (χ1) is 12.0. The standard InChI is InChI=1S/C21H21NO3/c1-14(2)25-18-9-10-19-17(11-18)12-20(21(22-19)15(3)23)24-13-16-7-5-4-6-8-16/h4-12,14H,13H2,1-3H3. The van der Waals surface area contributed by atoms with Crippen molar-refractivity contribution in [3.63, 3.8) is 0 Å². The summed E-state index contributed by atoms with van der Waals surface area (Å²) in [6, 6.07) is 17.3. The van der Waals surface area contributed by atoms with Crippen molar-refractivity contribution in [1.82, 2.24) is 4.98 Å². The number of carbonyl (C=O) groups excluding carboxylic acids is 1. The highest BCUT2D eigenvalue weighted by Crippen LogP contribution is 2.27. The van der Waals surface area contributed by atoms with E-state index < -0.39 is 0 Å². The highest BCUT2D eigenvalue weighted by molar-refractivity contribution is 5.98. The number of benzene rings is 2. The minimum atomic E-state index is -0.118. The minimum absolute atomic E-state index is 0.0932. The largest absolute Gasteiger partial charge is 0.491 e. The summed E-state index contributed by atoms with van der Waals surface area (Å²) < 4.78 is 11.6. The smallest absolute Gasteiger partial charge is 0.181 e. The van der Waals surface area contributed by atoms with Crippen LogP contribution in [0.25, 0.3) is 10.9 Å². The molecule has 0 amide bonds. The van der Waals surface area contributed by atoms with Gasteiger partial charge in [0.15, 0.2) is 5.78 Å². The zero-order valence-corrected chi connectivity index (χ0v) is 14.7. The van der Waals surface area contributed by atoms with E-state index in [0.717, 1.165) is 22.2 Å². The van der Waals surface area contributed by atoms with E-state index in [1.165, 1.54) is 6.92 Å². The second kappa shape index (κ2) is 7.34. The van der Waals surface area contributed by atoms with Crippen molar-refractivity contribution >= 4 is 16.7 Å². The van der Waals surface area contributed by atoms with Crippen molar-refractivity contribution in [3.8, 4) is 11.5 Å². The molecule has 0 bridgehead atoms. The Labute approximate surface area is 147 Å². The summed E-state index contributed by atoms with van der Waals surface area (Å²) in [5, 5.41) is 0.881. The minimum Gasteiger partial charge on any atom is -0.491 e. The Kier molecular flexibility index (Phi) is 4.98. The lowest BCUT2D eigenvalue weighted by Gasteiger charge is -2.13. The predicted molar refractivity (Wildman–Crippen MR) is 98.3 cm³/mol. The van der Waals surface area contributed by atoms with Crippen LogP contribution in [0.4, 0.5) is 0 Å². The first kappa shape index (κ1) is 17.0. The lowest BCUT2D eigenvalue weighted by atomic mass is 10.1. The molecule has 0 radical (unpaired) electrons. The second-order valence-corrected chi connectivity index (χ2v) is 6.19. The monoisotopic (exact) mass is 335 g/mol. The van der Waals surface area contributed by atoms with Crippen LogP contribution in [-0.2, 0) is 6.61 Å². The average molecular weight is 335 g/mol. The molecule has 0 atom stereocenters. The van der Waals surface area contributed by atoms with Crippen molar-refractivity contribution in [2.75, 3.05) is 0 Å². The van der Waals surface area contributed by atoms with Crippen LogP contribution in [0.2, 0.25) is 0 Å². The van der Waals surface area contributed by atoms with Gasteiger partial charge in [-0.15, -0.1) is 0 Å². The van der Waals surface area contributed by atoms with Gasteiger partial charge in [0.1, 0.15) is 23.8 Å². The average Bonchev–Trinajstić information content (AvgIpc) is 2.59. The molecule has 0 unspecified atom stereocenters. The molecule has 3 rings (SSSR count). The molecule has 0 aliphatic rings. The molecule has 0 aliphatic heterocycles.